The predicted molar refractivity (Wildman–Crippen MR) is 74.2 cm³/mol. The van der Waals surface area contributed by atoms with Crippen molar-refractivity contribution >= 4 is 17.1 Å². The third-order valence-electron chi connectivity index (χ3n) is 2.72. The summed E-state index contributed by atoms with van der Waals surface area (Å²) in [5.41, 5.74) is 7.34. The van der Waals surface area contributed by atoms with E-state index in [4.69, 9.17) is 11.7 Å². The van der Waals surface area contributed by atoms with E-state index in [1.165, 1.54) is 6.07 Å². The van der Waals surface area contributed by atoms with Gasteiger partial charge in [-0.1, -0.05) is 12.1 Å². The zero-order chi connectivity index (χ0) is 13.8. The number of rotatable bonds is 4. The smallest absolute Gasteiger partial charge is 0.279 e. The zero-order valence-corrected chi connectivity index (χ0v) is 9.96. The molecule has 0 saturated heterocycles. The maximum absolute atomic E-state index is 11.1. The van der Waals surface area contributed by atoms with Gasteiger partial charge < -0.3 is 10.9 Å². The molecule has 0 fully saturated rings. The van der Waals surface area contributed by atoms with E-state index in [0.29, 0.717) is 11.3 Å². The van der Waals surface area contributed by atoms with Crippen LogP contribution in [0.2, 0.25) is 0 Å². The molecule has 19 heavy (non-hydrogen) atoms. The van der Waals surface area contributed by atoms with Crippen molar-refractivity contribution in [1.29, 1.82) is 0 Å². The van der Waals surface area contributed by atoms with Crippen LogP contribution in [0.1, 0.15) is 0 Å². The quantitative estimate of drug-likeness (QED) is 0.378. The number of hydrogen-bond donors (Lipinski definition) is 4. The number of anilines is 2. The Labute approximate surface area is 109 Å². The topological polar surface area (TPSA) is 119 Å². The molecule has 0 radical (unpaired) electrons. The maximum atomic E-state index is 11.1. The van der Waals surface area contributed by atoms with Gasteiger partial charge in [0.1, 0.15) is 0 Å². The van der Waals surface area contributed by atoms with Crippen LogP contribution in [0.4, 0.5) is 17.1 Å². The van der Waals surface area contributed by atoms with Crippen LogP contribution in [0.15, 0.2) is 42.5 Å². The first kappa shape index (κ1) is 12.8. The minimum absolute atomic E-state index is 0.0103. The average molecular weight is 259 g/mol. The number of benzene rings is 2. The molecule has 2 aromatic rings. The van der Waals surface area contributed by atoms with Crippen LogP contribution in [-0.4, -0.2) is 4.92 Å². The number of nitrogens with two attached hydrogens (primary N) is 2. The van der Waals surface area contributed by atoms with Crippen LogP contribution in [-0.2, 0) is 0 Å². The van der Waals surface area contributed by atoms with Gasteiger partial charge in [0.05, 0.1) is 16.2 Å². The summed E-state index contributed by atoms with van der Waals surface area (Å²) in [6.45, 7) is 0. The molecule has 2 aromatic carbocycles. The van der Waals surface area contributed by atoms with Crippen molar-refractivity contribution in [3.8, 4) is 11.1 Å². The lowest BCUT2D eigenvalue weighted by Crippen LogP contribution is -2.07. The standard InChI is InChI=1S/C12H13N5O2/c13-15-9-3-1-8(2-4-9)11-6-5-10(16-14)7-12(11)17(18)19/h1-7,15-16H,13-14H2. The Balaban J connectivity index is 2.50. The summed E-state index contributed by atoms with van der Waals surface area (Å²) in [6, 6.07) is 11.7. The Morgan fingerprint density at radius 2 is 1.53 bits per heavy atom. The van der Waals surface area contributed by atoms with Gasteiger partial charge in [-0.25, -0.2) is 0 Å². The lowest BCUT2D eigenvalue weighted by atomic mass is 10.0. The Hall–Kier alpha value is -2.64. The molecule has 6 N–H and O–H groups in total. The van der Waals surface area contributed by atoms with E-state index < -0.39 is 4.92 Å². The largest absolute Gasteiger partial charge is 0.324 e. The summed E-state index contributed by atoms with van der Waals surface area (Å²) < 4.78 is 0. The minimum atomic E-state index is -0.439. The lowest BCUT2D eigenvalue weighted by Gasteiger charge is -2.07. The first-order valence-corrected chi connectivity index (χ1v) is 5.48. The van der Waals surface area contributed by atoms with Gasteiger partial charge in [0.15, 0.2) is 0 Å². The molecule has 0 aliphatic heterocycles. The van der Waals surface area contributed by atoms with Crippen LogP contribution in [0.25, 0.3) is 11.1 Å². The van der Waals surface area contributed by atoms with E-state index in [-0.39, 0.29) is 5.69 Å². The molecule has 0 saturated carbocycles. The van der Waals surface area contributed by atoms with Crippen molar-refractivity contribution in [2.45, 2.75) is 0 Å². The van der Waals surface area contributed by atoms with Crippen molar-refractivity contribution in [1.82, 2.24) is 0 Å². The van der Waals surface area contributed by atoms with E-state index in [0.717, 1.165) is 11.3 Å². The summed E-state index contributed by atoms with van der Waals surface area (Å²) >= 11 is 0. The second kappa shape index (κ2) is 5.34. The van der Waals surface area contributed by atoms with Crippen LogP contribution < -0.4 is 22.5 Å². The van der Waals surface area contributed by atoms with Gasteiger partial charge >= 0.3 is 0 Å². The van der Waals surface area contributed by atoms with E-state index in [2.05, 4.69) is 10.9 Å². The second-order valence-electron chi connectivity index (χ2n) is 3.86. The van der Waals surface area contributed by atoms with Crippen molar-refractivity contribution in [2.24, 2.45) is 11.7 Å². The molecular formula is C12H13N5O2. The van der Waals surface area contributed by atoms with Crippen LogP contribution in [0, 0.1) is 10.1 Å². The van der Waals surface area contributed by atoms with E-state index >= 15 is 0 Å². The highest BCUT2D eigenvalue weighted by Gasteiger charge is 2.15. The predicted octanol–water partition coefficient (Wildman–Crippen LogP) is 1.83. The average Bonchev–Trinajstić information content (AvgIpc) is 2.46. The van der Waals surface area contributed by atoms with E-state index in [9.17, 15) is 10.1 Å². The summed E-state index contributed by atoms with van der Waals surface area (Å²) in [4.78, 5) is 10.7. The summed E-state index contributed by atoms with van der Waals surface area (Å²) in [5.74, 6) is 10.5. The van der Waals surface area contributed by atoms with Crippen LogP contribution in [0.3, 0.4) is 0 Å². The number of nitrogens with zero attached hydrogens (tertiary/aromatic N) is 1. The number of nitro benzene ring substituents is 1. The molecule has 0 aliphatic rings. The molecule has 2 rings (SSSR count). The normalized spacial score (nSPS) is 10.0. The monoisotopic (exact) mass is 259 g/mol. The third-order valence-corrected chi connectivity index (χ3v) is 2.72. The Morgan fingerprint density at radius 1 is 0.947 bits per heavy atom. The first-order valence-electron chi connectivity index (χ1n) is 5.48. The van der Waals surface area contributed by atoms with Gasteiger partial charge in [0.2, 0.25) is 0 Å². The molecule has 0 atom stereocenters. The highest BCUT2D eigenvalue weighted by Crippen LogP contribution is 2.32. The SMILES string of the molecule is NNc1ccc(-c2ccc(NN)cc2[N+](=O)[O-])cc1. The second-order valence-corrected chi connectivity index (χ2v) is 3.86. The van der Waals surface area contributed by atoms with E-state index in [1.807, 2.05) is 0 Å². The van der Waals surface area contributed by atoms with Crippen molar-refractivity contribution in [3.05, 3.63) is 52.6 Å². The lowest BCUT2D eigenvalue weighted by molar-refractivity contribution is -0.384. The van der Waals surface area contributed by atoms with Crippen molar-refractivity contribution in [3.63, 3.8) is 0 Å². The fourth-order valence-electron chi connectivity index (χ4n) is 1.76. The van der Waals surface area contributed by atoms with Gasteiger partial charge in [-0.15, -0.1) is 0 Å². The molecule has 0 aliphatic carbocycles. The molecule has 0 spiro atoms. The zero-order valence-electron chi connectivity index (χ0n) is 9.96. The van der Waals surface area contributed by atoms with Gasteiger partial charge in [0.25, 0.3) is 5.69 Å². The highest BCUT2D eigenvalue weighted by molar-refractivity contribution is 5.77. The van der Waals surface area contributed by atoms with Crippen LogP contribution in [0.5, 0.6) is 0 Å². The molecule has 0 bridgehead atoms. The molecule has 0 unspecified atom stereocenters. The summed E-state index contributed by atoms with van der Waals surface area (Å²) in [7, 11) is 0. The maximum Gasteiger partial charge on any atom is 0.279 e. The Kier molecular flexibility index (Phi) is 3.60. The molecule has 98 valence electrons. The van der Waals surface area contributed by atoms with Crippen molar-refractivity contribution in [2.75, 3.05) is 10.9 Å². The fraction of sp³-hybridized carbons (Fsp3) is 0. The molecular weight excluding hydrogens is 246 g/mol. The first-order chi connectivity index (χ1) is 9.15. The molecule has 7 nitrogen and oxygen atoms in total. The van der Waals surface area contributed by atoms with Gasteiger partial charge in [0, 0.05) is 11.8 Å². The van der Waals surface area contributed by atoms with Gasteiger partial charge in [-0.05, 0) is 29.8 Å². The molecule has 0 heterocycles. The minimum Gasteiger partial charge on any atom is -0.324 e. The van der Waals surface area contributed by atoms with Gasteiger partial charge in [-0.2, -0.15) is 0 Å². The van der Waals surface area contributed by atoms with Gasteiger partial charge in [-0.3, -0.25) is 21.8 Å². The highest BCUT2D eigenvalue weighted by atomic mass is 16.6. The summed E-state index contributed by atoms with van der Waals surface area (Å²) in [6.07, 6.45) is 0. The number of nitrogens with one attached hydrogen (secondary N) is 2. The molecule has 7 heteroatoms. The van der Waals surface area contributed by atoms with E-state index in [1.54, 1.807) is 36.4 Å². The number of nitrogen functional groups attached to an aromatic ring is 2. The number of hydrogen-bond acceptors (Lipinski definition) is 6. The molecule has 0 amide bonds. The third kappa shape index (κ3) is 2.62. The number of nitro groups is 1. The van der Waals surface area contributed by atoms with Crippen LogP contribution >= 0.6 is 0 Å². The Bertz CT molecular complexity index is 598. The van der Waals surface area contributed by atoms with Crippen molar-refractivity contribution < 1.29 is 4.92 Å². The number of hydrazine groups is 2. The fourth-order valence-corrected chi connectivity index (χ4v) is 1.76. The molecule has 0 aromatic heterocycles. The summed E-state index contributed by atoms with van der Waals surface area (Å²) in [5, 5.41) is 11.1. The Morgan fingerprint density at radius 3 is 2.05 bits per heavy atom.